The van der Waals surface area contributed by atoms with Crippen LogP contribution in [0.25, 0.3) is 28.1 Å². The van der Waals surface area contributed by atoms with Crippen molar-refractivity contribution in [3.05, 3.63) is 59.8 Å². The normalized spacial score (nSPS) is 14.0. The third kappa shape index (κ3) is 2.95. The zero-order valence-electron chi connectivity index (χ0n) is 16.1. The molecule has 0 atom stereocenters. The van der Waals surface area contributed by atoms with Crippen molar-refractivity contribution < 1.29 is 9.90 Å². The van der Waals surface area contributed by atoms with Crippen LogP contribution >= 0.6 is 0 Å². The maximum absolute atomic E-state index is 11.3. The number of para-hydroxylation sites is 1. The number of aromatic nitrogens is 4. The van der Waals surface area contributed by atoms with Crippen LogP contribution in [0.4, 0.5) is 5.82 Å². The highest BCUT2D eigenvalue weighted by molar-refractivity contribution is 5.93. The van der Waals surface area contributed by atoms with E-state index in [0.29, 0.717) is 11.3 Å². The molecule has 0 aliphatic carbocycles. The molecule has 4 aromatic rings. The van der Waals surface area contributed by atoms with Gasteiger partial charge in [0, 0.05) is 13.1 Å². The quantitative estimate of drug-likeness (QED) is 0.552. The number of rotatable bonds is 4. The zero-order chi connectivity index (χ0) is 20.0. The number of carboxylic acids is 1. The van der Waals surface area contributed by atoms with E-state index in [9.17, 15) is 9.90 Å². The fourth-order valence-corrected chi connectivity index (χ4v) is 4.02. The van der Waals surface area contributed by atoms with E-state index in [4.69, 9.17) is 10.1 Å². The fraction of sp³-hybridized carbons (Fsp3) is 0.227. The Morgan fingerprint density at radius 1 is 1.10 bits per heavy atom. The smallest absolute Gasteiger partial charge is 0.335 e. The molecule has 5 rings (SSSR count). The first-order chi connectivity index (χ1) is 14.1. The fourth-order valence-electron chi connectivity index (χ4n) is 4.02. The van der Waals surface area contributed by atoms with E-state index in [1.54, 1.807) is 18.2 Å². The number of nitrogens with zero attached hydrogens (tertiary/aromatic N) is 4. The van der Waals surface area contributed by atoms with Gasteiger partial charge in [-0.1, -0.05) is 18.2 Å². The van der Waals surface area contributed by atoms with Gasteiger partial charge >= 0.3 is 5.97 Å². The number of hydrogen-bond donors (Lipinski definition) is 2. The summed E-state index contributed by atoms with van der Waals surface area (Å²) < 4.78 is 1.99. The van der Waals surface area contributed by atoms with E-state index in [0.717, 1.165) is 54.2 Å². The summed E-state index contributed by atoms with van der Waals surface area (Å²) in [6.07, 6.45) is 2.31. The summed E-state index contributed by atoms with van der Waals surface area (Å²) in [7, 11) is 0. The Morgan fingerprint density at radius 3 is 2.59 bits per heavy atom. The minimum Gasteiger partial charge on any atom is -0.478 e. The predicted octanol–water partition coefficient (Wildman–Crippen LogP) is 4.02. The molecule has 1 aliphatic rings. The summed E-state index contributed by atoms with van der Waals surface area (Å²) in [4.78, 5) is 21.7. The summed E-state index contributed by atoms with van der Waals surface area (Å²) in [6, 6.07) is 15.1. The van der Waals surface area contributed by atoms with E-state index in [-0.39, 0.29) is 5.56 Å². The average Bonchev–Trinajstić information content (AvgIpc) is 3.45. The monoisotopic (exact) mass is 387 g/mol. The molecule has 7 nitrogen and oxygen atoms in total. The summed E-state index contributed by atoms with van der Waals surface area (Å²) in [5.74, 6) is 0.793. The standard InChI is InChI=1S/C22H21N5O2/c1-14-19(20-23-17-10-9-15(22(28)29)13-18(17)24-20)21(26-11-5-6-12-26)27(25-14)16-7-3-2-4-8-16/h2-4,7-10,13H,5-6,11-12H2,1H3,(H,23,24)(H,28,29). The van der Waals surface area contributed by atoms with Crippen molar-refractivity contribution in [1.29, 1.82) is 0 Å². The molecule has 0 spiro atoms. The molecule has 29 heavy (non-hydrogen) atoms. The SMILES string of the molecule is Cc1nn(-c2ccccc2)c(N2CCCC2)c1-c1nc2ccc(C(=O)O)cc2[nH]1. The number of H-pyrrole nitrogens is 1. The van der Waals surface area contributed by atoms with Crippen molar-refractivity contribution in [2.45, 2.75) is 19.8 Å². The predicted molar refractivity (Wildman–Crippen MR) is 112 cm³/mol. The number of nitrogens with one attached hydrogen (secondary N) is 1. The molecule has 0 unspecified atom stereocenters. The molecule has 2 aromatic carbocycles. The number of aromatic amines is 1. The van der Waals surface area contributed by atoms with Crippen LogP contribution in [0, 0.1) is 6.92 Å². The number of carbonyl (C=O) groups is 1. The summed E-state index contributed by atoms with van der Waals surface area (Å²) >= 11 is 0. The molecular weight excluding hydrogens is 366 g/mol. The van der Waals surface area contributed by atoms with Crippen LogP contribution in [0.5, 0.6) is 0 Å². The highest BCUT2D eigenvalue weighted by Crippen LogP contribution is 2.37. The number of hydrogen-bond acceptors (Lipinski definition) is 4. The topological polar surface area (TPSA) is 87.0 Å². The molecule has 146 valence electrons. The van der Waals surface area contributed by atoms with Crippen LogP contribution in [0.2, 0.25) is 0 Å². The Balaban J connectivity index is 1.71. The number of fused-ring (bicyclic) bond motifs is 1. The third-order valence-corrected chi connectivity index (χ3v) is 5.41. The van der Waals surface area contributed by atoms with Crippen LogP contribution < -0.4 is 4.90 Å². The first-order valence-corrected chi connectivity index (χ1v) is 9.75. The second kappa shape index (κ2) is 6.77. The van der Waals surface area contributed by atoms with Crippen molar-refractivity contribution in [2.75, 3.05) is 18.0 Å². The molecule has 2 N–H and O–H groups in total. The molecule has 1 aliphatic heterocycles. The van der Waals surface area contributed by atoms with Crippen LogP contribution in [-0.2, 0) is 0 Å². The van der Waals surface area contributed by atoms with Gasteiger partial charge in [-0.3, -0.25) is 0 Å². The van der Waals surface area contributed by atoms with Gasteiger partial charge < -0.3 is 15.0 Å². The highest BCUT2D eigenvalue weighted by atomic mass is 16.4. The van der Waals surface area contributed by atoms with Crippen molar-refractivity contribution in [3.8, 4) is 17.1 Å². The largest absolute Gasteiger partial charge is 0.478 e. The second-order valence-corrected chi connectivity index (χ2v) is 7.35. The van der Waals surface area contributed by atoms with E-state index in [1.807, 2.05) is 41.9 Å². The van der Waals surface area contributed by atoms with Crippen LogP contribution in [0.3, 0.4) is 0 Å². The Hall–Kier alpha value is -3.61. The molecule has 7 heteroatoms. The molecule has 1 saturated heterocycles. The van der Waals surface area contributed by atoms with Crippen LogP contribution in [0.15, 0.2) is 48.5 Å². The number of aromatic carboxylic acids is 1. The van der Waals surface area contributed by atoms with Gasteiger partial charge in [-0.15, -0.1) is 0 Å². The highest BCUT2D eigenvalue weighted by Gasteiger charge is 2.27. The molecule has 3 heterocycles. The third-order valence-electron chi connectivity index (χ3n) is 5.41. The molecule has 0 bridgehead atoms. The number of carboxylic acid groups (broad SMARTS) is 1. The lowest BCUT2D eigenvalue weighted by Crippen LogP contribution is -2.22. The second-order valence-electron chi connectivity index (χ2n) is 7.35. The molecular formula is C22H21N5O2. The van der Waals surface area contributed by atoms with Crippen LogP contribution in [-0.4, -0.2) is 43.9 Å². The van der Waals surface area contributed by atoms with Gasteiger partial charge in [-0.2, -0.15) is 5.10 Å². The molecule has 2 aromatic heterocycles. The summed E-state index contributed by atoms with van der Waals surface area (Å²) in [5, 5.41) is 14.1. The van der Waals surface area contributed by atoms with E-state index in [2.05, 4.69) is 9.88 Å². The van der Waals surface area contributed by atoms with Gasteiger partial charge in [0.05, 0.1) is 33.5 Å². The Bertz CT molecular complexity index is 1200. The van der Waals surface area contributed by atoms with Gasteiger partial charge in [-0.05, 0) is 50.1 Å². The van der Waals surface area contributed by atoms with E-state index >= 15 is 0 Å². The van der Waals surface area contributed by atoms with Gasteiger partial charge in [0.15, 0.2) is 0 Å². The minimum absolute atomic E-state index is 0.240. The first-order valence-electron chi connectivity index (χ1n) is 9.75. The van der Waals surface area contributed by atoms with Crippen molar-refractivity contribution >= 4 is 22.8 Å². The van der Waals surface area contributed by atoms with Crippen molar-refractivity contribution in [3.63, 3.8) is 0 Å². The van der Waals surface area contributed by atoms with Gasteiger partial charge in [-0.25, -0.2) is 14.5 Å². The number of aryl methyl sites for hydroxylation is 1. The molecule has 0 amide bonds. The lowest BCUT2D eigenvalue weighted by molar-refractivity contribution is 0.0697. The maximum atomic E-state index is 11.3. The van der Waals surface area contributed by atoms with Crippen molar-refractivity contribution in [2.24, 2.45) is 0 Å². The Labute approximate surface area is 167 Å². The number of imidazole rings is 1. The summed E-state index contributed by atoms with van der Waals surface area (Å²) in [5.41, 5.74) is 4.54. The Morgan fingerprint density at radius 2 is 1.86 bits per heavy atom. The maximum Gasteiger partial charge on any atom is 0.335 e. The van der Waals surface area contributed by atoms with Gasteiger partial charge in [0.2, 0.25) is 0 Å². The van der Waals surface area contributed by atoms with Crippen LogP contribution in [0.1, 0.15) is 28.9 Å². The van der Waals surface area contributed by atoms with E-state index in [1.165, 1.54) is 0 Å². The lowest BCUT2D eigenvalue weighted by atomic mass is 10.2. The van der Waals surface area contributed by atoms with Gasteiger partial charge in [0.25, 0.3) is 0 Å². The minimum atomic E-state index is -0.950. The molecule has 1 fully saturated rings. The zero-order valence-corrected chi connectivity index (χ0v) is 16.1. The molecule has 0 saturated carbocycles. The Kier molecular flexibility index (Phi) is 4.08. The number of benzene rings is 2. The van der Waals surface area contributed by atoms with Crippen molar-refractivity contribution in [1.82, 2.24) is 19.7 Å². The van der Waals surface area contributed by atoms with Gasteiger partial charge in [0.1, 0.15) is 11.6 Å². The lowest BCUT2D eigenvalue weighted by Gasteiger charge is -2.20. The first kappa shape index (κ1) is 17.5. The average molecular weight is 387 g/mol. The summed E-state index contributed by atoms with van der Waals surface area (Å²) in [6.45, 7) is 3.95. The molecule has 0 radical (unpaired) electrons. The van der Waals surface area contributed by atoms with E-state index < -0.39 is 5.97 Å². The number of anilines is 1.